The lowest BCUT2D eigenvalue weighted by atomic mass is 9.86. The van der Waals surface area contributed by atoms with Crippen LogP contribution in [0.5, 0.6) is 5.75 Å². The van der Waals surface area contributed by atoms with E-state index >= 15 is 0 Å². The minimum absolute atomic E-state index is 0.0587. The molecule has 26 heavy (non-hydrogen) atoms. The van der Waals surface area contributed by atoms with Crippen LogP contribution in [0.3, 0.4) is 0 Å². The highest BCUT2D eigenvalue weighted by molar-refractivity contribution is 5.81. The molecule has 1 saturated carbocycles. The number of rotatable bonds is 5. The minimum Gasteiger partial charge on any atom is -0.497 e. The third-order valence-corrected chi connectivity index (χ3v) is 6.10. The summed E-state index contributed by atoms with van der Waals surface area (Å²) in [6, 6.07) is 8.50. The molecular formula is C21H33N3O2. The van der Waals surface area contributed by atoms with Crippen molar-refractivity contribution in [1.29, 1.82) is 0 Å². The lowest BCUT2D eigenvalue weighted by Gasteiger charge is -2.39. The standard InChI is InChI=1S/C21H33N3O2/c1-16-7-4-5-10-20(16)22-21(25)17(2)23-11-13-24(14-12-23)18-8-6-9-19(15-18)26-3/h6,8-9,15-17,20H,4-5,7,10-14H2,1-3H3,(H,22,25)/t16-,17-,20+/m1/s1. The van der Waals surface area contributed by atoms with Crippen LogP contribution >= 0.6 is 0 Å². The number of anilines is 1. The molecule has 5 nitrogen and oxygen atoms in total. The zero-order valence-corrected chi connectivity index (χ0v) is 16.4. The molecule has 1 aromatic carbocycles. The van der Waals surface area contributed by atoms with Gasteiger partial charge in [-0.1, -0.05) is 25.8 Å². The number of carbonyl (C=O) groups is 1. The van der Waals surface area contributed by atoms with Crippen molar-refractivity contribution in [2.45, 2.75) is 51.6 Å². The van der Waals surface area contributed by atoms with Crippen LogP contribution < -0.4 is 15.0 Å². The van der Waals surface area contributed by atoms with E-state index in [9.17, 15) is 4.79 Å². The van der Waals surface area contributed by atoms with E-state index in [4.69, 9.17) is 4.74 Å². The first-order valence-electron chi connectivity index (χ1n) is 10.0. The Balaban J connectivity index is 1.51. The van der Waals surface area contributed by atoms with Gasteiger partial charge >= 0.3 is 0 Å². The van der Waals surface area contributed by atoms with Gasteiger partial charge in [-0.2, -0.15) is 0 Å². The van der Waals surface area contributed by atoms with Crippen molar-refractivity contribution in [3.63, 3.8) is 0 Å². The average Bonchev–Trinajstić information content (AvgIpc) is 2.69. The van der Waals surface area contributed by atoms with E-state index in [0.29, 0.717) is 12.0 Å². The van der Waals surface area contributed by atoms with Gasteiger partial charge in [-0.15, -0.1) is 0 Å². The Kier molecular flexibility index (Phi) is 6.41. The summed E-state index contributed by atoms with van der Waals surface area (Å²) in [5.74, 6) is 1.68. The third kappa shape index (κ3) is 4.50. The highest BCUT2D eigenvalue weighted by atomic mass is 16.5. The average molecular weight is 360 g/mol. The van der Waals surface area contributed by atoms with Crippen LogP contribution in [0.25, 0.3) is 0 Å². The highest BCUT2D eigenvalue weighted by Crippen LogP contribution is 2.25. The Bertz CT molecular complexity index is 599. The van der Waals surface area contributed by atoms with Crippen molar-refractivity contribution in [2.75, 3.05) is 38.2 Å². The van der Waals surface area contributed by atoms with Crippen molar-refractivity contribution in [3.05, 3.63) is 24.3 Å². The van der Waals surface area contributed by atoms with E-state index in [0.717, 1.165) is 38.3 Å². The maximum absolute atomic E-state index is 12.7. The summed E-state index contributed by atoms with van der Waals surface area (Å²) in [7, 11) is 1.70. The molecule has 2 fully saturated rings. The largest absolute Gasteiger partial charge is 0.497 e. The molecule has 5 heteroatoms. The molecule has 2 aliphatic rings. The normalized spacial score (nSPS) is 25.6. The maximum atomic E-state index is 12.7. The fraction of sp³-hybridized carbons (Fsp3) is 0.667. The first-order valence-corrected chi connectivity index (χ1v) is 10.0. The van der Waals surface area contributed by atoms with Crippen LogP contribution in [0.4, 0.5) is 5.69 Å². The van der Waals surface area contributed by atoms with Crippen molar-refractivity contribution in [2.24, 2.45) is 5.92 Å². The van der Waals surface area contributed by atoms with Gasteiger partial charge in [0, 0.05) is 44.0 Å². The fourth-order valence-electron chi connectivity index (χ4n) is 4.17. The number of benzene rings is 1. The fourth-order valence-corrected chi connectivity index (χ4v) is 4.17. The Hall–Kier alpha value is -1.75. The number of nitrogens with one attached hydrogen (secondary N) is 1. The third-order valence-electron chi connectivity index (χ3n) is 6.10. The van der Waals surface area contributed by atoms with Gasteiger partial charge in [-0.3, -0.25) is 9.69 Å². The van der Waals surface area contributed by atoms with E-state index in [-0.39, 0.29) is 11.9 Å². The van der Waals surface area contributed by atoms with Crippen LogP contribution in [0.1, 0.15) is 39.5 Å². The smallest absolute Gasteiger partial charge is 0.237 e. The number of methoxy groups -OCH3 is 1. The molecule has 1 aliphatic heterocycles. The number of amides is 1. The molecule has 0 radical (unpaired) electrons. The summed E-state index contributed by atoms with van der Waals surface area (Å²) >= 11 is 0. The van der Waals surface area contributed by atoms with Crippen LogP contribution in [0.15, 0.2) is 24.3 Å². The lowest BCUT2D eigenvalue weighted by molar-refractivity contribution is -0.127. The number of ether oxygens (including phenoxy) is 1. The van der Waals surface area contributed by atoms with Gasteiger partial charge in [0.25, 0.3) is 0 Å². The van der Waals surface area contributed by atoms with E-state index in [1.807, 2.05) is 19.1 Å². The minimum atomic E-state index is -0.0587. The molecule has 1 heterocycles. The number of hydrogen-bond donors (Lipinski definition) is 1. The number of piperazine rings is 1. The number of hydrogen-bond acceptors (Lipinski definition) is 4. The van der Waals surface area contributed by atoms with Gasteiger partial charge in [0.05, 0.1) is 13.2 Å². The zero-order valence-electron chi connectivity index (χ0n) is 16.4. The van der Waals surface area contributed by atoms with Crippen molar-refractivity contribution >= 4 is 11.6 Å². The Labute approximate surface area is 157 Å². The van der Waals surface area contributed by atoms with Gasteiger partial charge in [-0.05, 0) is 37.8 Å². The zero-order chi connectivity index (χ0) is 18.5. The summed E-state index contributed by atoms with van der Waals surface area (Å²) in [5.41, 5.74) is 1.19. The lowest BCUT2D eigenvalue weighted by Crippen LogP contribution is -2.55. The molecule has 3 atom stereocenters. The molecule has 0 aromatic heterocycles. The SMILES string of the molecule is COc1cccc(N2CCN([C@H](C)C(=O)N[C@H]3CCCC[C@H]3C)CC2)c1. The first kappa shape index (κ1) is 19.0. The van der Waals surface area contributed by atoms with E-state index in [2.05, 4.69) is 34.2 Å². The molecular weight excluding hydrogens is 326 g/mol. The van der Waals surface area contributed by atoms with E-state index < -0.39 is 0 Å². The van der Waals surface area contributed by atoms with Gasteiger partial charge in [-0.25, -0.2) is 0 Å². The molecule has 0 spiro atoms. The number of carbonyl (C=O) groups excluding carboxylic acids is 1. The van der Waals surface area contributed by atoms with Crippen molar-refractivity contribution in [1.82, 2.24) is 10.2 Å². The van der Waals surface area contributed by atoms with Crippen LogP contribution in [-0.2, 0) is 4.79 Å². The van der Waals surface area contributed by atoms with Crippen molar-refractivity contribution in [3.8, 4) is 5.75 Å². The predicted molar refractivity (Wildman–Crippen MR) is 106 cm³/mol. The first-order chi connectivity index (χ1) is 12.6. The second kappa shape index (κ2) is 8.76. The second-order valence-corrected chi connectivity index (χ2v) is 7.78. The summed E-state index contributed by atoms with van der Waals surface area (Å²) in [6.45, 7) is 8.00. The molecule has 3 rings (SSSR count). The van der Waals surface area contributed by atoms with Gasteiger partial charge in [0.2, 0.25) is 5.91 Å². The molecule has 0 bridgehead atoms. The summed E-state index contributed by atoms with van der Waals surface area (Å²) < 4.78 is 5.33. The van der Waals surface area contributed by atoms with Gasteiger partial charge < -0.3 is 15.0 Å². The van der Waals surface area contributed by atoms with Gasteiger partial charge in [0.15, 0.2) is 0 Å². The van der Waals surface area contributed by atoms with Gasteiger partial charge in [0.1, 0.15) is 5.75 Å². The van der Waals surface area contributed by atoms with Crippen LogP contribution in [0, 0.1) is 5.92 Å². The van der Waals surface area contributed by atoms with Crippen molar-refractivity contribution < 1.29 is 9.53 Å². The summed E-state index contributed by atoms with van der Waals surface area (Å²) in [6.07, 6.45) is 4.90. The molecule has 1 amide bonds. The Morgan fingerprint density at radius 1 is 1.19 bits per heavy atom. The quantitative estimate of drug-likeness (QED) is 0.878. The van der Waals surface area contributed by atoms with Crippen LogP contribution in [-0.4, -0.2) is 56.2 Å². The highest BCUT2D eigenvalue weighted by Gasteiger charge is 2.29. The van der Waals surface area contributed by atoms with E-state index in [1.165, 1.54) is 24.9 Å². The molecule has 1 N–H and O–H groups in total. The molecule has 1 aliphatic carbocycles. The molecule has 1 saturated heterocycles. The maximum Gasteiger partial charge on any atom is 0.237 e. The Morgan fingerprint density at radius 2 is 1.92 bits per heavy atom. The second-order valence-electron chi connectivity index (χ2n) is 7.78. The Morgan fingerprint density at radius 3 is 2.62 bits per heavy atom. The van der Waals surface area contributed by atoms with E-state index in [1.54, 1.807) is 7.11 Å². The number of nitrogens with zero attached hydrogens (tertiary/aromatic N) is 2. The monoisotopic (exact) mass is 359 g/mol. The molecule has 0 unspecified atom stereocenters. The van der Waals surface area contributed by atoms with Crippen LogP contribution in [0.2, 0.25) is 0 Å². The topological polar surface area (TPSA) is 44.8 Å². The predicted octanol–water partition coefficient (Wildman–Crippen LogP) is 2.90. The molecule has 144 valence electrons. The summed E-state index contributed by atoms with van der Waals surface area (Å²) in [4.78, 5) is 17.4. The molecule has 1 aromatic rings. The summed E-state index contributed by atoms with van der Waals surface area (Å²) in [5, 5.41) is 3.31.